The molecule has 0 bridgehead atoms. The van der Waals surface area contributed by atoms with Crippen molar-refractivity contribution in [2.45, 2.75) is 13.0 Å². The summed E-state index contributed by atoms with van der Waals surface area (Å²) in [6, 6.07) is 16.1. The molecule has 0 saturated carbocycles. The Bertz CT molecular complexity index is 924. The summed E-state index contributed by atoms with van der Waals surface area (Å²) in [5, 5.41) is 9.66. The van der Waals surface area contributed by atoms with Crippen LogP contribution in [0.25, 0.3) is 0 Å². The van der Waals surface area contributed by atoms with Gasteiger partial charge in [-0.2, -0.15) is 0 Å². The van der Waals surface area contributed by atoms with Crippen molar-refractivity contribution in [3.8, 4) is 17.2 Å². The average Bonchev–Trinajstić information content (AvgIpc) is 2.68. The van der Waals surface area contributed by atoms with Gasteiger partial charge in [0.1, 0.15) is 17.2 Å². The molecule has 26 heavy (non-hydrogen) atoms. The topological polar surface area (TPSA) is 62.7 Å². The lowest BCUT2D eigenvalue weighted by Crippen LogP contribution is -2.35. The summed E-state index contributed by atoms with van der Waals surface area (Å²) >= 11 is 0. The summed E-state index contributed by atoms with van der Waals surface area (Å²) in [5.74, 6) is 1.52. The highest BCUT2D eigenvalue weighted by Gasteiger charge is 2.22. The fraction of sp³-hybridized carbons (Fsp3) is 0.143. The third-order valence-corrected chi connectivity index (χ3v) is 4.46. The van der Waals surface area contributed by atoms with E-state index in [0.717, 1.165) is 12.0 Å². The van der Waals surface area contributed by atoms with Gasteiger partial charge in [0.05, 0.1) is 6.20 Å². The molecule has 0 radical (unpaired) electrons. The quantitative estimate of drug-likeness (QED) is 0.784. The van der Waals surface area contributed by atoms with Gasteiger partial charge in [0.25, 0.3) is 5.91 Å². The minimum Gasteiger partial charge on any atom is -0.508 e. The van der Waals surface area contributed by atoms with Crippen LogP contribution >= 0.6 is 0 Å². The number of nitrogens with zero attached hydrogens (tertiary/aromatic N) is 2. The van der Waals surface area contributed by atoms with Crippen LogP contribution < -0.4 is 4.74 Å². The molecule has 0 spiro atoms. The second kappa shape index (κ2) is 6.88. The van der Waals surface area contributed by atoms with Crippen LogP contribution in [-0.2, 0) is 13.0 Å². The Labute approximate surface area is 151 Å². The molecule has 4 rings (SSSR count). The van der Waals surface area contributed by atoms with Crippen molar-refractivity contribution in [2.75, 3.05) is 6.54 Å². The zero-order chi connectivity index (χ0) is 17.9. The van der Waals surface area contributed by atoms with E-state index in [4.69, 9.17) is 4.74 Å². The standard InChI is InChI=1S/C21H18N2O3/c24-18-6-3-15-9-11-23(14-17(15)12-18)21(25)16-4-7-19(8-5-16)26-20-2-1-10-22-13-20/h1-8,10,12-13,24H,9,11,14H2. The lowest BCUT2D eigenvalue weighted by Gasteiger charge is -2.29. The smallest absolute Gasteiger partial charge is 0.254 e. The highest BCUT2D eigenvalue weighted by molar-refractivity contribution is 5.94. The van der Waals surface area contributed by atoms with Crippen LogP contribution in [0.1, 0.15) is 21.5 Å². The van der Waals surface area contributed by atoms with Gasteiger partial charge >= 0.3 is 0 Å². The van der Waals surface area contributed by atoms with E-state index in [9.17, 15) is 9.90 Å². The van der Waals surface area contributed by atoms with E-state index < -0.39 is 0 Å². The number of carbonyl (C=O) groups excluding carboxylic acids is 1. The minimum atomic E-state index is -0.0214. The molecule has 0 saturated heterocycles. The predicted molar refractivity (Wildman–Crippen MR) is 97.3 cm³/mol. The highest BCUT2D eigenvalue weighted by atomic mass is 16.5. The molecule has 1 amide bonds. The monoisotopic (exact) mass is 346 g/mol. The van der Waals surface area contributed by atoms with E-state index in [2.05, 4.69) is 4.98 Å². The van der Waals surface area contributed by atoms with E-state index >= 15 is 0 Å². The van der Waals surface area contributed by atoms with Gasteiger partial charge in [0, 0.05) is 24.8 Å². The molecule has 2 aromatic carbocycles. The first-order chi connectivity index (χ1) is 12.7. The van der Waals surface area contributed by atoms with Crippen LogP contribution in [0.3, 0.4) is 0 Å². The second-order valence-electron chi connectivity index (χ2n) is 6.24. The Hall–Kier alpha value is -3.34. The van der Waals surface area contributed by atoms with E-state index in [1.807, 2.05) is 12.1 Å². The molecule has 0 unspecified atom stereocenters. The molecule has 3 aromatic rings. The van der Waals surface area contributed by atoms with Gasteiger partial charge in [-0.05, 0) is 66.1 Å². The number of amides is 1. The SMILES string of the molecule is O=C(c1ccc(Oc2cccnc2)cc1)N1CCc2ccc(O)cc2C1. The predicted octanol–water partition coefficient (Wildman–Crippen LogP) is 3.78. The Morgan fingerprint density at radius 3 is 2.65 bits per heavy atom. The van der Waals surface area contributed by atoms with Gasteiger partial charge in [-0.25, -0.2) is 0 Å². The van der Waals surface area contributed by atoms with Gasteiger partial charge in [0.2, 0.25) is 0 Å². The minimum absolute atomic E-state index is 0.0214. The van der Waals surface area contributed by atoms with Gasteiger partial charge in [0.15, 0.2) is 0 Å². The van der Waals surface area contributed by atoms with Gasteiger partial charge in [-0.1, -0.05) is 6.07 Å². The number of phenolic OH excluding ortho intramolecular Hbond substituents is 1. The molecule has 2 heterocycles. The first-order valence-corrected chi connectivity index (χ1v) is 8.47. The zero-order valence-electron chi connectivity index (χ0n) is 14.1. The maximum atomic E-state index is 12.8. The molecule has 1 aliphatic heterocycles. The Morgan fingerprint density at radius 1 is 1.04 bits per heavy atom. The summed E-state index contributed by atoms with van der Waals surface area (Å²) in [6.07, 6.45) is 4.12. The molecule has 0 atom stereocenters. The van der Waals surface area contributed by atoms with Crippen LogP contribution in [0, 0.1) is 0 Å². The summed E-state index contributed by atoms with van der Waals surface area (Å²) in [7, 11) is 0. The van der Waals surface area contributed by atoms with Gasteiger partial charge < -0.3 is 14.7 Å². The highest BCUT2D eigenvalue weighted by Crippen LogP contribution is 2.25. The molecule has 5 nitrogen and oxygen atoms in total. The van der Waals surface area contributed by atoms with Crippen LogP contribution in [0.4, 0.5) is 0 Å². The molecule has 0 fully saturated rings. The number of hydrogen-bond acceptors (Lipinski definition) is 4. The van der Waals surface area contributed by atoms with Crippen molar-refractivity contribution in [3.63, 3.8) is 0 Å². The molecule has 1 N–H and O–H groups in total. The van der Waals surface area contributed by atoms with Gasteiger partial charge in [-0.15, -0.1) is 0 Å². The van der Waals surface area contributed by atoms with Crippen molar-refractivity contribution in [1.82, 2.24) is 9.88 Å². The van der Waals surface area contributed by atoms with Crippen molar-refractivity contribution in [3.05, 3.63) is 83.7 Å². The maximum absolute atomic E-state index is 12.8. The number of hydrogen-bond donors (Lipinski definition) is 1. The first-order valence-electron chi connectivity index (χ1n) is 8.47. The number of pyridine rings is 1. The van der Waals surface area contributed by atoms with Crippen molar-refractivity contribution in [1.29, 1.82) is 0 Å². The number of phenols is 1. The Balaban J connectivity index is 1.47. The third kappa shape index (κ3) is 3.37. The van der Waals surface area contributed by atoms with Crippen LogP contribution in [-0.4, -0.2) is 27.4 Å². The largest absolute Gasteiger partial charge is 0.508 e. The van der Waals surface area contributed by atoms with Gasteiger partial charge in [-0.3, -0.25) is 9.78 Å². The van der Waals surface area contributed by atoms with E-state index in [-0.39, 0.29) is 11.7 Å². The lowest BCUT2D eigenvalue weighted by atomic mass is 9.99. The molecular formula is C21H18N2O3. The summed E-state index contributed by atoms with van der Waals surface area (Å²) in [6.45, 7) is 1.18. The first kappa shape index (κ1) is 16.1. The normalized spacial score (nSPS) is 13.2. The number of benzene rings is 2. The molecular weight excluding hydrogens is 328 g/mol. The van der Waals surface area contributed by atoms with Crippen LogP contribution in [0.2, 0.25) is 0 Å². The number of carbonyl (C=O) groups is 1. The second-order valence-corrected chi connectivity index (χ2v) is 6.24. The summed E-state index contributed by atoms with van der Waals surface area (Å²) in [4.78, 5) is 18.6. The summed E-state index contributed by atoms with van der Waals surface area (Å²) < 4.78 is 5.70. The number of ether oxygens (including phenoxy) is 1. The van der Waals surface area contributed by atoms with Crippen molar-refractivity contribution < 1.29 is 14.6 Å². The zero-order valence-corrected chi connectivity index (χ0v) is 14.1. The van der Waals surface area contributed by atoms with E-state index in [1.165, 1.54) is 5.56 Å². The average molecular weight is 346 g/mol. The molecule has 5 heteroatoms. The Kier molecular flexibility index (Phi) is 4.27. The molecule has 1 aromatic heterocycles. The van der Waals surface area contributed by atoms with E-state index in [0.29, 0.717) is 30.2 Å². The number of aromatic hydroxyl groups is 1. The maximum Gasteiger partial charge on any atom is 0.254 e. The molecule has 1 aliphatic rings. The fourth-order valence-corrected chi connectivity index (χ4v) is 3.11. The summed E-state index contributed by atoms with van der Waals surface area (Å²) in [5.41, 5.74) is 2.81. The van der Waals surface area contributed by atoms with Crippen LogP contribution in [0.15, 0.2) is 67.0 Å². The van der Waals surface area contributed by atoms with Crippen molar-refractivity contribution >= 4 is 5.91 Å². The van der Waals surface area contributed by atoms with Crippen molar-refractivity contribution in [2.24, 2.45) is 0 Å². The Morgan fingerprint density at radius 2 is 1.88 bits per heavy atom. The molecule has 130 valence electrons. The third-order valence-electron chi connectivity index (χ3n) is 4.46. The number of rotatable bonds is 3. The number of fused-ring (bicyclic) bond motifs is 1. The fourth-order valence-electron chi connectivity index (χ4n) is 3.11. The van der Waals surface area contributed by atoms with Crippen LogP contribution in [0.5, 0.6) is 17.2 Å². The number of aromatic nitrogens is 1. The lowest BCUT2D eigenvalue weighted by molar-refractivity contribution is 0.0734. The molecule has 0 aliphatic carbocycles. The van der Waals surface area contributed by atoms with E-state index in [1.54, 1.807) is 59.8 Å².